The second-order valence-electron chi connectivity index (χ2n) is 2.80. The molecule has 0 radical (unpaired) electrons. The molecule has 0 saturated carbocycles. The standard InChI is InChI=1S/C10H9FN2.ClH/c11-10-5-2-1-4-9(10)8-13-7-3-6-12-13;/h1-7H,8H2;1H. The third-order valence-corrected chi connectivity index (χ3v) is 1.85. The molecule has 0 spiro atoms. The Hall–Kier alpha value is -1.35. The van der Waals surface area contributed by atoms with Gasteiger partial charge in [0.05, 0.1) is 6.54 Å². The van der Waals surface area contributed by atoms with Crippen molar-refractivity contribution in [1.82, 2.24) is 9.78 Å². The maximum absolute atomic E-state index is 13.1. The van der Waals surface area contributed by atoms with Gasteiger partial charge < -0.3 is 0 Å². The summed E-state index contributed by atoms with van der Waals surface area (Å²) in [6.07, 6.45) is 3.49. The van der Waals surface area contributed by atoms with Crippen molar-refractivity contribution in [2.24, 2.45) is 0 Å². The first-order valence-corrected chi connectivity index (χ1v) is 4.07. The van der Waals surface area contributed by atoms with E-state index in [1.807, 2.05) is 18.3 Å². The fourth-order valence-electron chi connectivity index (χ4n) is 1.20. The van der Waals surface area contributed by atoms with Gasteiger partial charge in [-0.15, -0.1) is 12.4 Å². The minimum absolute atomic E-state index is 0. The van der Waals surface area contributed by atoms with Crippen LogP contribution in [0.5, 0.6) is 0 Å². The van der Waals surface area contributed by atoms with E-state index >= 15 is 0 Å². The van der Waals surface area contributed by atoms with Gasteiger partial charge in [0, 0.05) is 18.0 Å². The van der Waals surface area contributed by atoms with Crippen LogP contribution in [0.25, 0.3) is 0 Å². The Balaban J connectivity index is 0.000000980. The first kappa shape index (κ1) is 10.7. The lowest BCUT2D eigenvalue weighted by molar-refractivity contribution is 0.585. The van der Waals surface area contributed by atoms with Gasteiger partial charge in [0.2, 0.25) is 0 Å². The van der Waals surface area contributed by atoms with Gasteiger partial charge in [0.25, 0.3) is 0 Å². The molecule has 0 aliphatic rings. The monoisotopic (exact) mass is 212 g/mol. The number of rotatable bonds is 2. The van der Waals surface area contributed by atoms with Gasteiger partial charge in [-0.05, 0) is 12.1 Å². The second-order valence-corrected chi connectivity index (χ2v) is 2.80. The summed E-state index contributed by atoms with van der Waals surface area (Å²) < 4.78 is 14.8. The summed E-state index contributed by atoms with van der Waals surface area (Å²) in [5.41, 5.74) is 0.659. The maximum Gasteiger partial charge on any atom is 0.128 e. The molecule has 4 heteroatoms. The highest BCUT2D eigenvalue weighted by Crippen LogP contribution is 2.07. The Morgan fingerprint density at radius 3 is 2.64 bits per heavy atom. The number of benzene rings is 1. The van der Waals surface area contributed by atoms with E-state index in [9.17, 15) is 4.39 Å². The fraction of sp³-hybridized carbons (Fsp3) is 0.100. The zero-order valence-corrected chi connectivity index (χ0v) is 8.25. The molecule has 0 atom stereocenters. The average Bonchev–Trinajstić information content (AvgIpc) is 2.61. The van der Waals surface area contributed by atoms with Gasteiger partial charge in [0.15, 0.2) is 0 Å². The van der Waals surface area contributed by atoms with Crippen molar-refractivity contribution in [1.29, 1.82) is 0 Å². The molecule has 74 valence electrons. The van der Waals surface area contributed by atoms with Crippen LogP contribution in [0.2, 0.25) is 0 Å². The van der Waals surface area contributed by atoms with E-state index in [-0.39, 0.29) is 18.2 Å². The van der Waals surface area contributed by atoms with Crippen molar-refractivity contribution < 1.29 is 4.39 Å². The van der Waals surface area contributed by atoms with Crippen LogP contribution in [0.3, 0.4) is 0 Å². The van der Waals surface area contributed by atoms with Crippen molar-refractivity contribution >= 4 is 12.4 Å². The zero-order valence-electron chi connectivity index (χ0n) is 7.43. The topological polar surface area (TPSA) is 17.8 Å². The number of hydrogen-bond donors (Lipinski definition) is 0. The van der Waals surface area contributed by atoms with E-state index in [1.165, 1.54) is 6.07 Å². The highest BCUT2D eigenvalue weighted by atomic mass is 35.5. The van der Waals surface area contributed by atoms with E-state index in [4.69, 9.17) is 0 Å². The van der Waals surface area contributed by atoms with E-state index in [1.54, 1.807) is 23.0 Å². The van der Waals surface area contributed by atoms with E-state index in [0.717, 1.165) is 0 Å². The Labute approximate surface area is 87.8 Å². The molecule has 1 aromatic heterocycles. The Morgan fingerprint density at radius 2 is 2.00 bits per heavy atom. The van der Waals surface area contributed by atoms with E-state index in [2.05, 4.69) is 5.10 Å². The molecule has 0 bridgehead atoms. The van der Waals surface area contributed by atoms with Crippen molar-refractivity contribution in [3.05, 3.63) is 54.1 Å². The van der Waals surface area contributed by atoms with Gasteiger partial charge in [-0.25, -0.2) is 4.39 Å². The van der Waals surface area contributed by atoms with Crippen LogP contribution in [-0.2, 0) is 6.54 Å². The summed E-state index contributed by atoms with van der Waals surface area (Å²) in [5, 5.41) is 4.00. The van der Waals surface area contributed by atoms with Gasteiger partial charge in [-0.1, -0.05) is 18.2 Å². The summed E-state index contributed by atoms with van der Waals surface area (Å²) in [4.78, 5) is 0. The van der Waals surface area contributed by atoms with Crippen molar-refractivity contribution in [3.8, 4) is 0 Å². The molecular formula is C10H10ClFN2. The molecule has 2 aromatic rings. The molecule has 0 unspecified atom stereocenters. The Kier molecular flexibility index (Phi) is 3.65. The van der Waals surface area contributed by atoms with Crippen molar-refractivity contribution in [2.45, 2.75) is 6.54 Å². The molecule has 0 fully saturated rings. The maximum atomic E-state index is 13.1. The van der Waals surface area contributed by atoms with Crippen molar-refractivity contribution in [2.75, 3.05) is 0 Å². The molecule has 0 N–H and O–H groups in total. The third-order valence-electron chi connectivity index (χ3n) is 1.85. The lowest BCUT2D eigenvalue weighted by Crippen LogP contribution is -2.01. The van der Waals surface area contributed by atoms with Gasteiger partial charge in [0.1, 0.15) is 5.82 Å². The van der Waals surface area contributed by atoms with Crippen LogP contribution < -0.4 is 0 Å². The predicted octanol–water partition coefficient (Wildman–Crippen LogP) is 2.49. The molecule has 0 amide bonds. The lowest BCUT2D eigenvalue weighted by Gasteiger charge is -2.02. The Bertz CT molecular complexity index is 387. The van der Waals surface area contributed by atoms with Gasteiger partial charge in [-0.2, -0.15) is 5.10 Å². The van der Waals surface area contributed by atoms with Crippen LogP contribution in [0.4, 0.5) is 4.39 Å². The minimum atomic E-state index is -0.182. The minimum Gasteiger partial charge on any atom is -0.268 e. The van der Waals surface area contributed by atoms with Crippen LogP contribution >= 0.6 is 12.4 Å². The van der Waals surface area contributed by atoms with E-state index in [0.29, 0.717) is 12.1 Å². The number of hydrogen-bond acceptors (Lipinski definition) is 1. The molecule has 1 heterocycles. The summed E-state index contributed by atoms with van der Waals surface area (Å²) in [6.45, 7) is 0.486. The number of nitrogens with zero attached hydrogens (tertiary/aromatic N) is 2. The van der Waals surface area contributed by atoms with Gasteiger partial charge in [-0.3, -0.25) is 4.68 Å². The average molecular weight is 213 g/mol. The molecule has 0 saturated heterocycles. The summed E-state index contributed by atoms with van der Waals surface area (Å²) in [7, 11) is 0. The zero-order chi connectivity index (χ0) is 9.10. The largest absolute Gasteiger partial charge is 0.268 e. The van der Waals surface area contributed by atoms with Crippen molar-refractivity contribution in [3.63, 3.8) is 0 Å². The normalized spacial score (nSPS) is 9.50. The number of halogens is 2. The quantitative estimate of drug-likeness (QED) is 0.748. The molecule has 0 aliphatic heterocycles. The lowest BCUT2D eigenvalue weighted by atomic mass is 10.2. The Morgan fingerprint density at radius 1 is 1.21 bits per heavy atom. The molecule has 2 rings (SSSR count). The molecule has 14 heavy (non-hydrogen) atoms. The predicted molar refractivity (Wildman–Crippen MR) is 55.0 cm³/mol. The van der Waals surface area contributed by atoms with Crippen LogP contribution in [0.15, 0.2) is 42.7 Å². The highest BCUT2D eigenvalue weighted by molar-refractivity contribution is 5.85. The van der Waals surface area contributed by atoms with E-state index < -0.39 is 0 Å². The second kappa shape index (κ2) is 4.77. The molecule has 2 nitrogen and oxygen atoms in total. The summed E-state index contributed by atoms with van der Waals surface area (Å²) >= 11 is 0. The molecule has 0 aliphatic carbocycles. The number of aromatic nitrogens is 2. The first-order valence-electron chi connectivity index (χ1n) is 4.07. The van der Waals surface area contributed by atoms with Gasteiger partial charge >= 0.3 is 0 Å². The highest BCUT2D eigenvalue weighted by Gasteiger charge is 2.00. The first-order chi connectivity index (χ1) is 6.36. The van der Waals surface area contributed by atoms with Crippen LogP contribution in [0, 0.1) is 5.82 Å². The molecular weight excluding hydrogens is 203 g/mol. The smallest absolute Gasteiger partial charge is 0.128 e. The fourth-order valence-corrected chi connectivity index (χ4v) is 1.20. The van der Waals surface area contributed by atoms with Crippen LogP contribution in [-0.4, -0.2) is 9.78 Å². The summed E-state index contributed by atoms with van der Waals surface area (Å²) in [5.74, 6) is -0.182. The third kappa shape index (κ3) is 2.33. The molecule has 1 aromatic carbocycles. The SMILES string of the molecule is Cl.Fc1ccccc1Cn1cccn1. The summed E-state index contributed by atoms with van der Waals surface area (Å²) in [6, 6.07) is 8.54. The van der Waals surface area contributed by atoms with Crippen LogP contribution in [0.1, 0.15) is 5.56 Å².